The number of aliphatic hydroxyl groups excluding tert-OH is 1. The zero-order chi connectivity index (χ0) is 10.4. The van der Waals surface area contributed by atoms with Crippen LogP contribution in [0.4, 0.5) is 4.79 Å². The van der Waals surface area contributed by atoms with Gasteiger partial charge in [0, 0.05) is 6.54 Å². The molecular formula is C10H19NO3. The minimum atomic E-state index is -0.466. The lowest BCUT2D eigenvalue weighted by Crippen LogP contribution is -2.33. The number of alkyl carbamates (subject to hydrolysis) is 1. The number of unbranched alkanes of at least 4 members (excludes halogenated alkanes) is 1. The molecule has 1 fully saturated rings. The quantitative estimate of drug-likeness (QED) is 0.676. The highest BCUT2D eigenvalue weighted by Crippen LogP contribution is 2.21. The van der Waals surface area contributed by atoms with Crippen LogP contribution in [0, 0.1) is 0 Å². The van der Waals surface area contributed by atoms with Crippen molar-refractivity contribution in [3.8, 4) is 0 Å². The minimum Gasteiger partial charge on any atom is -0.443 e. The van der Waals surface area contributed by atoms with Gasteiger partial charge in [0.1, 0.15) is 6.10 Å². The van der Waals surface area contributed by atoms with Gasteiger partial charge in [0.05, 0.1) is 6.10 Å². The lowest BCUT2D eigenvalue weighted by Gasteiger charge is -2.15. The number of carbonyl (C=O) groups is 1. The van der Waals surface area contributed by atoms with E-state index in [1.165, 1.54) is 0 Å². The van der Waals surface area contributed by atoms with Gasteiger partial charge in [0.15, 0.2) is 0 Å². The van der Waals surface area contributed by atoms with Crippen LogP contribution in [-0.4, -0.2) is 30.0 Å². The Kier molecular flexibility index (Phi) is 4.73. The van der Waals surface area contributed by atoms with Crippen molar-refractivity contribution in [3.63, 3.8) is 0 Å². The van der Waals surface area contributed by atoms with Crippen LogP contribution < -0.4 is 5.32 Å². The highest BCUT2D eigenvalue weighted by Gasteiger charge is 2.28. The first kappa shape index (κ1) is 11.3. The van der Waals surface area contributed by atoms with Crippen molar-refractivity contribution >= 4 is 6.09 Å². The second-order valence-corrected chi connectivity index (χ2v) is 3.72. The van der Waals surface area contributed by atoms with Crippen molar-refractivity contribution < 1.29 is 14.6 Å². The summed E-state index contributed by atoms with van der Waals surface area (Å²) in [5, 5.41) is 12.1. The molecule has 1 aliphatic rings. The molecule has 4 heteroatoms. The molecule has 14 heavy (non-hydrogen) atoms. The van der Waals surface area contributed by atoms with Gasteiger partial charge in [-0.05, 0) is 25.7 Å². The van der Waals surface area contributed by atoms with Gasteiger partial charge in [-0.3, -0.25) is 0 Å². The molecule has 0 aliphatic heterocycles. The molecule has 0 unspecified atom stereocenters. The van der Waals surface area contributed by atoms with Crippen molar-refractivity contribution in [2.75, 3.05) is 6.54 Å². The second kappa shape index (κ2) is 5.86. The van der Waals surface area contributed by atoms with Crippen LogP contribution in [0.3, 0.4) is 0 Å². The van der Waals surface area contributed by atoms with E-state index >= 15 is 0 Å². The normalized spacial score (nSPS) is 26.1. The summed E-state index contributed by atoms with van der Waals surface area (Å²) in [7, 11) is 0. The number of nitrogens with one attached hydrogen (secondary N) is 1. The van der Waals surface area contributed by atoms with Gasteiger partial charge in [-0.15, -0.1) is 0 Å². The molecule has 4 nitrogen and oxygen atoms in total. The van der Waals surface area contributed by atoms with Crippen LogP contribution in [0.15, 0.2) is 0 Å². The molecule has 1 saturated carbocycles. The molecule has 2 atom stereocenters. The average Bonchev–Trinajstić information content (AvgIpc) is 2.52. The van der Waals surface area contributed by atoms with Crippen molar-refractivity contribution in [1.29, 1.82) is 0 Å². The summed E-state index contributed by atoms with van der Waals surface area (Å²) in [4.78, 5) is 11.2. The third kappa shape index (κ3) is 3.54. The van der Waals surface area contributed by atoms with Crippen LogP contribution in [-0.2, 0) is 4.74 Å². The van der Waals surface area contributed by atoms with Crippen LogP contribution in [0.5, 0.6) is 0 Å². The molecule has 0 bridgehead atoms. The summed E-state index contributed by atoms with van der Waals surface area (Å²) in [6.45, 7) is 2.71. The fourth-order valence-corrected chi connectivity index (χ4v) is 1.59. The minimum absolute atomic E-state index is 0.295. The largest absolute Gasteiger partial charge is 0.443 e. The Labute approximate surface area is 84.6 Å². The molecular weight excluding hydrogens is 182 g/mol. The fraction of sp³-hybridized carbons (Fsp3) is 0.900. The zero-order valence-electron chi connectivity index (χ0n) is 8.66. The van der Waals surface area contributed by atoms with Crippen molar-refractivity contribution in [1.82, 2.24) is 5.32 Å². The van der Waals surface area contributed by atoms with E-state index in [1.54, 1.807) is 0 Å². The van der Waals surface area contributed by atoms with E-state index in [-0.39, 0.29) is 6.10 Å². The summed E-state index contributed by atoms with van der Waals surface area (Å²) in [6.07, 6.45) is 3.31. The molecule has 2 N–H and O–H groups in total. The summed E-state index contributed by atoms with van der Waals surface area (Å²) in [5.41, 5.74) is 0. The molecule has 1 aliphatic carbocycles. The predicted octanol–water partition coefficient (Wildman–Crippen LogP) is 1.43. The molecule has 0 aromatic rings. The first-order chi connectivity index (χ1) is 6.74. The maximum Gasteiger partial charge on any atom is 0.407 e. The third-order valence-electron chi connectivity index (χ3n) is 2.48. The first-order valence-electron chi connectivity index (χ1n) is 5.36. The number of carbonyl (C=O) groups excluding carboxylic acids is 1. The summed E-state index contributed by atoms with van der Waals surface area (Å²) in [6, 6.07) is 0. The van der Waals surface area contributed by atoms with Gasteiger partial charge in [-0.1, -0.05) is 13.3 Å². The number of hydrogen-bond donors (Lipinski definition) is 2. The molecule has 1 amide bonds. The number of hydrogen-bond acceptors (Lipinski definition) is 3. The third-order valence-corrected chi connectivity index (χ3v) is 2.48. The molecule has 1 rings (SSSR count). The van der Waals surface area contributed by atoms with Gasteiger partial charge >= 0.3 is 6.09 Å². The van der Waals surface area contributed by atoms with Gasteiger partial charge in [0.25, 0.3) is 0 Å². The highest BCUT2D eigenvalue weighted by molar-refractivity contribution is 5.67. The Morgan fingerprint density at radius 2 is 2.36 bits per heavy atom. The maximum atomic E-state index is 11.2. The number of rotatable bonds is 4. The van der Waals surface area contributed by atoms with Gasteiger partial charge in [-0.2, -0.15) is 0 Å². The molecule has 82 valence electrons. The predicted molar refractivity (Wildman–Crippen MR) is 53.0 cm³/mol. The lowest BCUT2D eigenvalue weighted by atomic mass is 10.3. The number of aliphatic hydroxyl groups is 1. The Bertz CT molecular complexity index is 184. The SMILES string of the molecule is CCCCNC(=O)O[C@@H]1CCC[C@H]1O. The Morgan fingerprint density at radius 1 is 1.57 bits per heavy atom. The first-order valence-corrected chi connectivity index (χ1v) is 5.36. The van der Waals surface area contributed by atoms with E-state index in [4.69, 9.17) is 4.74 Å². The number of ether oxygens (including phenoxy) is 1. The van der Waals surface area contributed by atoms with E-state index in [9.17, 15) is 9.90 Å². The van der Waals surface area contributed by atoms with E-state index in [0.29, 0.717) is 6.54 Å². The molecule has 0 aromatic carbocycles. The Morgan fingerprint density at radius 3 is 2.93 bits per heavy atom. The van der Waals surface area contributed by atoms with Gasteiger partial charge in [0.2, 0.25) is 0 Å². The van der Waals surface area contributed by atoms with Crippen molar-refractivity contribution in [2.45, 2.75) is 51.2 Å². The monoisotopic (exact) mass is 201 g/mol. The lowest BCUT2D eigenvalue weighted by molar-refractivity contribution is 0.0224. The fourth-order valence-electron chi connectivity index (χ4n) is 1.59. The Hall–Kier alpha value is -0.770. The van der Waals surface area contributed by atoms with E-state index in [1.807, 2.05) is 0 Å². The van der Waals surface area contributed by atoms with E-state index in [2.05, 4.69) is 12.2 Å². The standard InChI is InChI=1S/C10H19NO3/c1-2-3-7-11-10(13)14-9-6-4-5-8(9)12/h8-9,12H,2-7H2,1H3,(H,11,13)/t8-,9-/m1/s1. The summed E-state index contributed by atoms with van der Waals surface area (Å²) in [5.74, 6) is 0. The molecule has 0 saturated heterocycles. The smallest absolute Gasteiger partial charge is 0.407 e. The van der Waals surface area contributed by atoms with Gasteiger partial charge < -0.3 is 15.2 Å². The van der Waals surface area contributed by atoms with Crippen LogP contribution >= 0.6 is 0 Å². The summed E-state index contributed by atoms with van der Waals surface area (Å²) < 4.78 is 5.07. The maximum absolute atomic E-state index is 11.2. The Balaban J connectivity index is 2.13. The van der Waals surface area contributed by atoms with E-state index < -0.39 is 12.2 Å². The topological polar surface area (TPSA) is 58.6 Å². The molecule has 0 radical (unpaired) electrons. The van der Waals surface area contributed by atoms with Crippen LogP contribution in [0.2, 0.25) is 0 Å². The summed E-state index contributed by atoms with van der Waals surface area (Å²) >= 11 is 0. The second-order valence-electron chi connectivity index (χ2n) is 3.72. The van der Waals surface area contributed by atoms with Crippen LogP contribution in [0.25, 0.3) is 0 Å². The number of amides is 1. The average molecular weight is 201 g/mol. The van der Waals surface area contributed by atoms with Crippen LogP contribution in [0.1, 0.15) is 39.0 Å². The molecule has 0 heterocycles. The molecule has 0 aromatic heterocycles. The highest BCUT2D eigenvalue weighted by atomic mass is 16.6. The molecule has 0 spiro atoms. The van der Waals surface area contributed by atoms with Crippen molar-refractivity contribution in [3.05, 3.63) is 0 Å². The zero-order valence-corrected chi connectivity index (χ0v) is 8.66. The van der Waals surface area contributed by atoms with E-state index in [0.717, 1.165) is 32.1 Å². The van der Waals surface area contributed by atoms with Crippen molar-refractivity contribution in [2.24, 2.45) is 0 Å². The van der Waals surface area contributed by atoms with Gasteiger partial charge in [-0.25, -0.2) is 4.79 Å².